The second-order valence-electron chi connectivity index (χ2n) is 4.55. The van der Waals surface area contributed by atoms with Gasteiger partial charge in [-0.05, 0) is 55.2 Å². The zero-order valence-corrected chi connectivity index (χ0v) is 12.7. The van der Waals surface area contributed by atoms with E-state index in [1.54, 1.807) is 0 Å². The second kappa shape index (κ2) is 8.51. The van der Waals surface area contributed by atoms with Crippen LogP contribution < -0.4 is 5.32 Å². The maximum atomic E-state index is 9.79. The van der Waals surface area contributed by atoms with Gasteiger partial charge < -0.3 is 15.2 Å². The smallest absolute Gasteiger partial charge is 0.134 e. The number of rotatable bonds is 8. The first kappa shape index (κ1) is 15.5. The highest BCUT2D eigenvalue weighted by Gasteiger charge is 2.03. The summed E-state index contributed by atoms with van der Waals surface area (Å²) < 4.78 is 6.21. The van der Waals surface area contributed by atoms with E-state index in [9.17, 15) is 5.11 Å². The molecule has 0 aliphatic carbocycles. The van der Waals surface area contributed by atoms with E-state index in [-0.39, 0.29) is 0 Å². The van der Waals surface area contributed by atoms with Gasteiger partial charge in [-0.1, -0.05) is 12.1 Å². The molecule has 18 heavy (non-hydrogen) atoms. The molecule has 4 heteroatoms. The number of phenols is 1. The molecule has 0 bridgehead atoms. The summed E-state index contributed by atoms with van der Waals surface area (Å²) in [5, 5.41) is 13.1. The van der Waals surface area contributed by atoms with Crippen LogP contribution in [0.2, 0.25) is 0 Å². The molecule has 0 aromatic heterocycles. The molecule has 0 saturated carbocycles. The number of nitrogens with one attached hydrogen (secondary N) is 1. The van der Waals surface area contributed by atoms with E-state index in [1.165, 1.54) is 0 Å². The van der Waals surface area contributed by atoms with E-state index in [2.05, 4.69) is 21.2 Å². The van der Waals surface area contributed by atoms with Crippen LogP contribution in [0.15, 0.2) is 22.7 Å². The fraction of sp³-hybridized carbons (Fsp3) is 0.571. The Morgan fingerprint density at radius 1 is 1.33 bits per heavy atom. The third kappa shape index (κ3) is 5.85. The minimum absolute atomic E-state index is 0.316. The van der Waals surface area contributed by atoms with Crippen molar-refractivity contribution >= 4 is 15.9 Å². The van der Waals surface area contributed by atoms with Crippen LogP contribution in [0.1, 0.15) is 32.3 Å². The topological polar surface area (TPSA) is 41.5 Å². The number of benzene rings is 1. The van der Waals surface area contributed by atoms with Crippen molar-refractivity contribution < 1.29 is 9.84 Å². The zero-order valence-electron chi connectivity index (χ0n) is 11.1. The van der Waals surface area contributed by atoms with Crippen LogP contribution in [0.3, 0.4) is 0 Å². The van der Waals surface area contributed by atoms with E-state index < -0.39 is 0 Å². The number of phenolic OH excluding ortho intramolecular Hbond substituents is 1. The van der Waals surface area contributed by atoms with Gasteiger partial charge in [-0.3, -0.25) is 0 Å². The molecular formula is C14H22BrNO2. The number of aromatic hydroxyl groups is 1. The Labute approximate surface area is 118 Å². The summed E-state index contributed by atoms with van der Waals surface area (Å²) in [6.07, 6.45) is 2.47. The van der Waals surface area contributed by atoms with Gasteiger partial charge in [0.2, 0.25) is 0 Å². The summed E-state index contributed by atoms with van der Waals surface area (Å²) in [6.45, 7) is 6.55. The third-order valence-electron chi connectivity index (χ3n) is 2.58. The maximum Gasteiger partial charge on any atom is 0.134 e. The lowest BCUT2D eigenvalue weighted by Gasteiger charge is -2.09. The Bertz CT molecular complexity index is 356. The van der Waals surface area contributed by atoms with Crippen molar-refractivity contribution in [1.29, 1.82) is 0 Å². The highest BCUT2D eigenvalue weighted by atomic mass is 79.9. The highest BCUT2D eigenvalue weighted by Crippen LogP contribution is 2.27. The molecule has 0 fully saturated rings. The largest absolute Gasteiger partial charge is 0.506 e. The number of ether oxygens (including phenoxy) is 1. The van der Waals surface area contributed by atoms with Crippen molar-refractivity contribution in [3.8, 4) is 5.75 Å². The predicted molar refractivity (Wildman–Crippen MR) is 77.8 cm³/mol. The summed E-state index contributed by atoms with van der Waals surface area (Å²) in [5.74, 6) is 0.327. The SMILES string of the molecule is CC(C)OCCCCNCc1cccc(Br)c1O. The van der Waals surface area contributed by atoms with Crippen molar-refractivity contribution in [1.82, 2.24) is 5.32 Å². The molecule has 3 nitrogen and oxygen atoms in total. The van der Waals surface area contributed by atoms with E-state index in [1.807, 2.05) is 32.0 Å². The minimum Gasteiger partial charge on any atom is -0.506 e. The van der Waals surface area contributed by atoms with Gasteiger partial charge in [0.1, 0.15) is 5.75 Å². The predicted octanol–water partition coefficient (Wildman–Crippen LogP) is 3.45. The van der Waals surface area contributed by atoms with E-state index in [0.29, 0.717) is 18.4 Å². The van der Waals surface area contributed by atoms with Gasteiger partial charge in [-0.25, -0.2) is 0 Å². The maximum absolute atomic E-state index is 9.79. The van der Waals surface area contributed by atoms with Gasteiger partial charge in [0.15, 0.2) is 0 Å². The number of para-hydroxylation sites is 1. The lowest BCUT2D eigenvalue weighted by Crippen LogP contribution is -2.15. The number of halogens is 1. The molecule has 1 aromatic carbocycles. The van der Waals surface area contributed by atoms with Crippen LogP contribution >= 0.6 is 15.9 Å². The molecule has 0 amide bonds. The molecule has 0 radical (unpaired) electrons. The van der Waals surface area contributed by atoms with Crippen molar-refractivity contribution in [3.05, 3.63) is 28.2 Å². The van der Waals surface area contributed by atoms with Crippen LogP contribution in [-0.4, -0.2) is 24.4 Å². The Morgan fingerprint density at radius 2 is 2.11 bits per heavy atom. The average molecular weight is 316 g/mol. The first-order valence-electron chi connectivity index (χ1n) is 6.40. The van der Waals surface area contributed by atoms with Crippen LogP contribution in [0.25, 0.3) is 0 Å². The number of hydrogen-bond acceptors (Lipinski definition) is 3. The van der Waals surface area contributed by atoms with Gasteiger partial charge in [0.25, 0.3) is 0 Å². The van der Waals surface area contributed by atoms with Gasteiger partial charge in [-0.2, -0.15) is 0 Å². The quantitative estimate of drug-likeness (QED) is 0.722. The van der Waals surface area contributed by atoms with Crippen LogP contribution in [-0.2, 0) is 11.3 Å². The third-order valence-corrected chi connectivity index (χ3v) is 3.22. The van der Waals surface area contributed by atoms with Gasteiger partial charge in [0, 0.05) is 18.7 Å². The Hall–Kier alpha value is -0.580. The Kier molecular flexibility index (Phi) is 7.32. The first-order chi connectivity index (χ1) is 8.61. The molecule has 0 aliphatic rings. The lowest BCUT2D eigenvalue weighted by molar-refractivity contribution is 0.0760. The molecule has 0 aliphatic heterocycles. The highest BCUT2D eigenvalue weighted by molar-refractivity contribution is 9.10. The lowest BCUT2D eigenvalue weighted by atomic mass is 10.2. The molecule has 0 spiro atoms. The minimum atomic E-state index is 0.316. The van der Waals surface area contributed by atoms with Crippen molar-refractivity contribution in [2.75, 3.05) is 13.2 Å². The standard InChI is InChI=1S/C14H22BrNO2/c1-11(2)18-9-4-3-8-16-10-12-6-5-7-13(15)14(12)17/h5-7,11,16-17H,3-4,8-10H2,1-2H3. The van der Waals surface area contributed by atoms with Crippen LogP contribution in [0, 0.1) is 0 Å². The molecule has 0 heterocycles. The van der Waals surface area contributed by atoms with Gasteiger partial charge >= 0.3 is 0 Å². The molecule has 0 saturated heterocycles. The molecule has 1 aromatic rings. The summed E-state index contributed by atoms with van der Waals surface area (Å²) in [4.78, 5) is 0. The number of hydrogen-bond donors (Lipinski definition) is 2. The van der Waals surface area contributed by atoms with E-state index in [4.69, 9.17) is 4.74 Å². The Balaban J connectivity index is 2.13. The Morgan fingerprint density at radius 3 is 2.83 bits per heavy atom. The summed E-state index contributed by atoms with van der Waals surface area (Å²) >= 11 is 3.31. The molecular weight excluding hydrogens is 294 g/mol. The number of unbranched alkanes of at least 4 members (excludes halogenated alkanes) is 1. The molecule has 0 unspecified atom stereocenters. The summed E-state index contributed by atoms with van der Waals surface area (Å²) in [5.41, 5.74) is 0.919. The van der Waals surface area contributed by atoms with E-state index >= 15 is 0 Å². The van der Waals surface area contributed by atoms with Crippen molar-refractivity contribution in [2.45, 2.75) is 39.3 Å². The van der Waals surface area contributed by atoms with E-state index in [0.717, 1.165) is 36.0 Å². The fourth-order valence-corrected chi connectivity index (χ4v) is 2.00. The first-order valence-corrected chi connectivity index (χ1v) is 7.19. The summed E-state index contributed by atoms with van der Waals surface area (Å²) in [6, 6.07) is 5.69. The fourth-order valence-electron chi connectivity index (χ4n) is 1.60. The van der Waals surface area contributed by atoms with Crippen molar-refractivity contribution in [3.63, 3.8) is 0 Å². The zero-order chi connectivity index (χ0) is 13.4. The van der Waals surface area contributed by atoms with Crippen LogP contribution in [0.4, 0.5) is 0 Å². The molecule has 2 N–H and O–H groups in total. The van der Waals surface area contributed by atoms with Crippen LogP contribution in [0.5, 0.6) is 5.75 Å². The van der Waals surface area contributed by atoms with Gasteiger partial charge in [0.05, 0.1) is 10.6 Å². The molecule has 1 rings (SSSR count). The average Bonchev–Trinajstić information content (AvgIpc) is 2.32. The normalized spacial score (nSPS) is 11.1. The monoisotopic (exact) mass is 315 g/mol. The summed E-state index contributed by atoms with van der Waals surface area (Å²) in [7, 11) is 0. The van der Waals surface area contributed by atoms with Gasteiger partial charge in [-0.15, -0.1) is 0 Å². The second-order valence-corrected chi connectivity index (χ2v) is 5.41. The van der Waals surface area contributed by atoms with Crippen molar-refractivity contribution in [2.24, 2.45) is 0 Å². The molecule has 102 valence electrons. The molecule has 0 atom stereocenters.